The summed E-state index contributed by atoms with van der Waals surface area (Å²) in [5.74, 6) is -7.38. The zero-order chi connectivity index (χ0) is 32.5. The molecule has 0 saturated heterocycles. The first-order valence-corrected chi connectivity index (χ1v) is 14.1. The van der Waals surface area contributed by atoms with Gasteiger partial charge in [-0.15, -0.1) is 0 Å². The number of aromatic hydroxyl groups is 2. The van der Waals surface area contributed by atoms with Gasteiger partial charge >= 0.3 is 11.9 Å². The molecule has 0 aromatic heterocycles. The Morgan fingerprint density at radius 1 is 0.667 bits per heavy atom. The van der Waals surface area contributed by atoms with Gasteiger partial charge in [0.1, 0.15) is 0 Å². The van der Waals surface area contributed by atoms with Crippen molar-refractivity contribution in [3.8, 4) is 17.2 Å². The molecule has 0 heterocycles. The predicted octanol–water partition coefficient (Wildman–Crippen LogP) is 6.42. The fraction of sp³-hybridized carbons (Fsp3) is 0.176. The van der Waals surface area contributed by atoms with E-state index in [0.29, 0.717) is 6.42 Å². The second-order valence-corrected chi connectivity index (χ2v) is 9.93. The number of phenols is 2. The molecule has 4 aromatic rings. The van der Waals surface area contributed by atoms with Crippen LogP contribution < -0.4 is 4.74 Å². The number of ketones is 2. The Labute approximate surface area is 257 Å². The molecule has 0 aliphatic rings. The number of hydrogen-bond acceptors (Lipinski definition) is 10. The number of hydrogen-bond donors (Lipinski definition) is 2. The molecule has 11 nitrogen and oxygen atoms in total. The van der Waals surface area contributed by atoms with Gasteiger partial charge in [0.2, 0.25) is 5.75 Å². The SMILES string of the molecule is CCCCCCOC(=O)c1c(C(=O)c2ccccc2)c(O)c(O)c(OC(=O)c2ccccc2)c1C(=O)c1ccc([N+](=O)[O-])cc1. The lowest BCUT2D eigenvalue weighted by Gasteiger charge is -2.20. The van der Waals surface area contributed by atoms with Gasteiger partial charge in [0.05, 0.1) is 33.8 Å². The van der Waals surface area contributed by atoms with E-state index in [2.05, 4.69) is 0 Å². The van der Waals surface area contributed by atoms with Crippen LogP contribution in [-0.4, -0.2) is 45.2 Å². The Bertz CT molecular complexity index is 1730. The summed E-state index contributed by atoms with van der Waals surface area (Å²) in [7, 11) is 0. The summed E-state index contributed by atoms with van der Waals surface area (Å²) in [6.07, 6.45) is 2.99. The Morgan fingerprint density at radius 3 is 1.80 bits per heavy atom. The Morgan fingerprint density at radius 2 is 1.22 bits per heavy atom. The van der Waals surface area contributed by atoms with Gasteiger partial charge in [-0.05, 0) is 30.7 Å². The predicted molar refractivity (Wildman–Crippen MR) is 162 cm³/mol. The number of carbonyl (C=O) groups excluding carboxylic acids is 4. The fourth-order valence-electron chi connectivity index (χ4n) is 4.55. The summed E-state index contributed by atoms with van der Waals surface area (Å²) in [5.41, 5.74) is -2.76. The van der Waals surface area contributed by atoms with Gasteiger partial charge in [0, 0.05) is 23.3 Å². The van der Waals surface area contributed by atoms with Gasteiger partial charge in [-0.2, -0.15) is 0 Å². The molecule has 0 atom stereocenters. The highest BCUT2D eigenvalue weighted by Crippen LogP contribution is 2.46. The molecule has 0 bridgehead atoms. The minimum absolute atomic E-state index is 0.00645. The molecule has 230 valence electrons. The first kappa shape index (κ1) is 32.1. The lowest BCUT2D eigenvalue weighted by molar-refractivity contribution is -0.384. The molecule has 11 heteroatoms. The summed E-state index contributed by atoms with van der Waals surface area (Å²) >= 11 is 0. The van der Waals surface area contributed by atoms with Crippen LogP contribution in [0.5, 0.6) is 17.2 Å². The summed E-state index contributed by atoms with van der Waals surface area (Å²) < 4.78 is 10.9. The normalized spacial score (nSPS) is 10.6. The van der Waals surface area contributed by atoms with E-state index in [1.165, 1.54) is 36.4 Å². The summed E-state index contributed by atoms with van der Waals surface area (Å²) in [6.45, 7) is 1.91. The number of ether oxygens (including phenoxy) is 2. The summed E-state index contributed by atoms with van der Waals surface area (Å²) in [5, 5.41) is 33.6. The van der Waals surface area contributed by atoms with Crippen molar-refractivity contribution in [2.75, 3.05) is 6.61 Å². The summed E-state index contributed by atoms with van der Waals surface area (Å²) in [6, 6.07) is 19.3. The van der Waals surface area contributed by atoms with E-state index < -0.39 is 62.4 Å². The van der Waals surface area contributed by atoms with Crippen molar-refractivity contribution < 1.29 is 43.8 Å². The molecular formula is C34H29NO10. The topological polar surface area (TPSA) is 170 Å². The number of non-ortho nitro benzene ring substituents is 1. The molecule has 4 aromatic carbocycles. The summed E-state index contributed by atoms with van der Waals surface area (Å²) in [4.78, 5) is 65.3. The molecule has 0 fully saturated rings. The van der Waals surface area contributed by atoms with Crippen LogP contribution >= 0.6 is 0 Å². The first-order chi connectivity index (χ1) is 21.6. The number of rotatable bonds is 13. The van der Waals surface area contributed by atoms with Gasteiger partial charge in [-0.1, -0.05) is 74.7 Å². The average molecular weight is 612 g/mol. The number of carbonyl (C=O) groups is 4. The first-order valence-electron chi connectivity index (χ1n) is 14.1. The zero-order valence-electron chi connectivity index (χ0n) is 24.2. The smallest absolute Gasteiger partial charge is 0.343 e. The third-order valence-corrected chi connectivity index (χ3v) is 6.87. The van der Waals surface area contributed by atoms with E-state index in [9.17, 15) is 39.5 Å². The lowest BCUT2D eigenvalue weighted by atomic mass is 9.88. The number of nitro benzene ring substituents is 1. The quantitative estimate of drug-likeness (QED) is 0.0327. The maximum absolute atomic E-state index is 14.1. The van der Waals surface area contributed by atoms with Gasteiger partial charge in [-0.3, -0.25) is 19.7 Å². The Hall–Kier alpha value is -5.84. The molecule has 45 heavy (non-hydrogen) atoms. The molecule has 0 spiro atoms. The minimum atomic E-state index is -1.19. The van der Waals surface area contributed by atoms with E-state index in [4.69, 9.17) is 9.47 Å². The Balaban J connectivity index is 1.98. The zero-order valence-corrected chi connectivity index (χ0v) is 24.2. The lowest BCUT2D eigenvalue weighted by Crippen LogP contribution is -2.22. The van der Waals surface area contributed by atoms with Crippen LogP contribution in [0.2, 0.25) is 0 Å². The average Bonchev–Trinajstić information content (AvgIpc) is 3.06. The minimum Gasteiger partial charge on any atom is -0.504 e. The van der Waals surface area contributed by atoms with Crippen LogP contribution in [0.15, 0.2) is 84.9 Å². The van der Waals surface area contributed by atoms with Crippen LogP contribution in [0.1, 0.15) is 85.2 Å². The van der Waals surface area contributed by atoms with Crippen molar-refractivity contribution in [3.05, 3.63) is 128 Å². The van der Waals surface area contributed by atoms with Crippen LogP contribution in [0.25, 0.3) is 0 Å². The van der Waals surface area contributed by atoms with E-state index in [-0.39, 0.29) is 29.0 Å². The highest BCUT2D eigenvalue weighted by atomic mass is 16.6. The molecule has 0 aliphatic carbocycles. The van der Waals surface area contributed by atoms with E-state index in [1.807, 2.05) is 6.92 Å². The van der Waals surface area contributed by atoms with Crippen molar-refractivity contribution in [2.45, 2.75) is 32.6 Å². The Kier molecular flexibility index (Phi) is 10.4. The van der Waals surface area contributed by atoms with Gasteiger partial charge < -0.3 is 19.7 Å². The van der Waals surface area contributed by atoms with Crippen LogP contribution in [0.3, 0.4) is 0 Å². The molecule has 0 unspecified atom stereocenters. The second kappa shape index (κ2) is 14.6. The molecular weight excluding hydrogens is 582 g/mol. The van der Waals surface area contributed by atoms with Crippen molar-refractivity contribution in [2.24, 2.45) is 0 Å². The van der Waals surface area contributed by atoms with Crippen molar-refractivity contribution in [1.82, 2.24) is 0 Å². The molecule has 2 N–H and O–H groups in total. The van der Waals surface area contributed by atoms with Gasteiger partial charge in [0.15, 0.2) is 23.1 Å². The highest BCUT2D eigenvalue weighted by Gasteiger charge is 2.37. The van der Waals surface area contributed by atoms with Gasteiger partial charge in [0.25, 0.3) is 5.69 Å². The fourth-order valence-corrected chi connectivity index (χ4v) is 4.55. The maximum Gasteiger partial charge on any atom is 0.343 e. The van der Waals surface area contributed by atoms with E-state index >= 15 is 0 Å². The largest absolute Gasteiger partial charge is 0.504 e. The molecule has 0 amide bonds. The molecule has 4 rings (SSSR count). The monoisotopic (exact) mass is 611 g/mol. The number of benzene rings is 4. The van der Waals surface area contributed by atoms with Crippen molar-refractivity contribution in [1.29, 1.82) is 0 Å². The number of nitrogens with zero attached hydrogens (tertiary/aromatic N) is 1. The number of nitro groups is 1. The van der Waals surface area contributed by atoms with Crippen molar-refractivity contribution in [3.63, 3.8) is 0 Å². The van der Waals surface area contributed by atoms with Gasteiger partial charge in [-0.25, -0.2) is 9.59 Å². The molecule has 0 saturated carbocycles. The van der Waals surface area contributed by atoms with Crippen molar-refractivity contribution >= 4 is 29.2 Å². The van der Waals surface area contributed by atoms with Crippen LogP contribution in [0, 0.1) is 10.1 Å². The number of unbranched alkanes of at least 4 members (excludes halogenated alkanes) is 3. The maximum atomic E-state index is 14.1. The number of esters is 2. The van der Waals surface area contributed by atoms with E-state index in [1.54, 1.807) is 24.3 Å². The van der Waals surface area contributed by atoms with Crippen LogP contribution in [0.4, 0.5) is 5.69 Å². The number of phenolic OH excluding ortho intramolecular Hbond substituents is 2. The standard InChI is InChI=1S/C34H29NO10/c1-2-3-4-11-20-44-34(41)25-26(28(36)21-12-7-5-8-13-21)30(38)31(39)32(45-33(40)23-14-9-6-10-15-23)27(25)29(37)22-16-18-24(19-17-22)35(42)43/h5-10,12-19,38-39H,2-4,11,20H2,1H3. The second-order valence-electron chi connectivity index (χ2n) is 9.93. The molecule has 0 aliphatic heterocycles. The molecule has 0 radical (unpaired) electrons. The van der Waals surface area contributed by atoms with Crippen LogP contribution in [-0.2, 0) is 4.74 Å². The third kappa shape index (κ3) is 7.21. The highest BCUT2D eigenvalue weighted by molar-refractivity contribution is 6.24. The van der Waals surface area contributed by atoms with E-state index in [0.717, 1.165) is 43.5 Å². The third-order valence-electron chi connectivity index (χ3n) is 6.87.